The van der Waals surface area contributed by atoms with Gasteiger partial charge in [-0.15, -0.1) is 0 Å². The summed E-state index contributed by atoms with van der Waals surface area (Å²) >= 11 is 0. The van der Waals surface area contributed by atoms with Crippen LogP contribution in [0.15, 0.2) is 60.7 Å². The lowest BCUT2D eigenvalue weighted by Gasteiger charge is -2.31. The van der Waals surface area contributed by atoms with Crippen molar-refractivity contribution in [2.24, 2.45) is 0 Å². The number of hydrogen-bond acceptors (Lipinski definition) is 3. The van der Waals surface area contributed by atoms with Gasteiger partial charge in [-0.2, -0.15) is 0 Å². The van der Waals surface area contributed by atoms with Crippen LogP contribution >= 0.6 is 0 Å². The van der Waals surface area contributed by atoms with Crippen LogP contribution in [0, 0.1) is 0 Å². The molecule has 2 aromatic rings. The molecule has 1 saturated heterocycles. The molecule has 0 spiro atoms. The Bertz CT molecular complexity index is 689. The average molecular weight is 315 g/mol. The van der Waals surface area contributed by atoms with Gasteiger partial charge in [-0.1, -0.05) is 60.7 Å². The first-order valence-corrected chi connectivity index (χ1v) is 9.38. The van der Waals surface area contributed by atoms with Gasteiger partial charge in [0.05, 0.1) is 17.5 Å². The fourth-order valence-electron chi connectivity index (χ4n) is 3.12. The van der Waals surface area contributed by atoms with Crippen LogP contribution in [0.3, 0.4) is 0 Å². The van der Waals surface area contributed by atoms with Crippen molar-refractivity contribution in [1.82, 2.24) is 5.32 Å². The minimum atomic E-state index is -2.93. The minimum Gasteiger partial charge on any atom is -0.300 e. The van der Waals surface area contributed by atoms with Crippen molar-refractivity contribution < 1.29 is 8.42 Å². The normalized spacial score (nSPS) is 23.7. The van der Waals surface area contributed by atoms with Gasteiger partial charge in [-0.05, 0) is 24.5 Å². The highest BCUT2D eigenvalue weighted by Crippen LogP contribution is 2.30. The van der Waals surface area contributed by atoms with Crippen molar-refractivity contribution in [3.05, 3.63) is 71.8 Å². The molecule has 4 heteroatoms. The first-order valence-electron chi connectivity index (χ1n) is 7.56. The molecule has 22 heavy (non-hydrogen) atoms. The van der Waals surface area contributed by atoms with E-state index in [0.29, 0.717) is 6.42 Å². The molecule has 0 amide bonds. The highest BCUT2D eigenvalue weighted by Gasteiger charge is 2.39. The van der Waals surface area contributed by atoms with E-state index in [1.165, 1.54) is 0 Å². The molecule has 0 bridgehead atoms. The van der Waals surface area contributed by atoms with Crippen LogP contribution in [0.5, 0.6) is 0 Å². The smallest absolute Gasteiger partial charge is 0.152 e. The number of rotatable bonds is 4. The van der Waals surface area contributed by atoms with Crippen molar-refractivity contribution in [2.75, 3.05) is 11.5 Å². The van der Waals surface area contributed by atoms with Crippen molar-refractivity contribution in [3.63, 3.8) is 0 Å². The van der Waals surface area contributed by atoms with Crippen molar-refractivity contribution >= 4 is 9.84 Å². The molecule has 1 N–H and O–H groups in total. The third-order valence-electron chi connectivity index (χ3n) is 4.26. The Kier molecular flexibility index (Phi) is 4.06. The Morgan fingerprint density at radius 3 is 1.86 bits per heavy atom. The van der Waals surface area contributed by atoms with Gasteiger partial charge in [-0.25, -0.2) is 8.42 Å². The van der Waals surface area contributed by atoms with E-state index in [0.717, 1.165) is 11.1 Å². The van der Waals surface area contributed by atoms with E-state index < -0.39 is 9.84 Å². The van der Waals surface area contributed by atoms with Gasteiger partial charge >= 0.3 is 0 Å². The van der Waals surface area contributed by atoms with Gasteiger partial charge in [0.25, 0.3) is 0 Å². The summed E-state index contributed by atoms with van der Waals surface area (Å²) in [6.45, 7) is 2.01. The minimum absolute atomic E-state index is 0.000648. The summed E-state index contributed by atoms with van der Waals surface area (Å²) in [4.78, 5) is 0. The van der Waals surface area contributed by atoms with E-state index in [1.807, 2.05) is 43.3 Å². The Morgan fingerprint density at radius 1 is 0.955 bits per heavy atom. The predicted molar refractivity (Wildman–Crippen MR) is 89.5 cm³/mol. The molecule has 1 heterocycles. The summed E-state index contributed by atoms with van der Waals surface area (Å²) in [7, 11) is -2.93. The number of nitrogens with one attached hydrogen (secondary N) is 1. The zero-order valence-corrected chi connectivity index (χ0v) is 13.5. The Balaban J connectivity index is 1.94. The second-order valence-electron chi connectivity index (χ2n) is 6.30. The molecule has 116 valence electrons. The number of hydrogen-bond donors (Lipinski definition) is 1. The molecular weight excluding hydrogens is 294 g/mol. The predicted octanol–water partition coefficient (Wildman–Crippen LogP) is 2.94. The second kappa shape index (κ2) is 5.86. The van der Waals surface area contributed by atoms with E-state index in [-0.39, 0.29) is 23.1 Å². The van der Waals surface area contributed by atoms with E-state index in [1.54, 1.807) is 0 Å². The summed E-state index contributed by atoms with van der Waals surface area (Å²) in [6, 6.07) is 20.4. The quantitative estimate of drug-likeness (QED) is 0.943. The third kappa shape index (κ3) is 3.39. The molecule has 0 unspecified atom stereocenters. The van der Waals surface area contributed by atoms with E-state index in [2.05, 4.69) is 29.6 Å². The summed E-state index contributed by atoms with van der Waals surface area (Å²) in [6.07, 6.45) is 0.658. The Labute approximate surface area is 132 Å². The van der Waals surface area contributed by atoms with Crippen LogP contribution in [0.2, 0.25) is 0 Å². The molecule has 1 aliphatic rings. The third-order valence-corrected chi connectivity index (χ3v) is 6.17. The van der Waals surface area contributed by atoms with Gasteiger partial charge in [0.15, 0.2) is 9.84 Å². The Morgan fingerprint density at radius 2 is 1.45 bits per heavy atom. The zero-order valence-electron chi connectivity index (χ0n) is 12.7. The molecule has 0 radical (unpaired) electrons. The topological polar surface area (TPSA) is 46.2 Å². The molecule has 0 aromatic heterocycles. The van der Waals surface area contributed by atoms with Crippen LogP contribution in [-0.2, 0) is 9.84 Å². The van der Waals surface area contributed by atoms with Gasteiger partial charge in [-0.3, -0.25) is 5.32 Å². The van der Waals surface area contributed by atoms with Gasteiger partial charge in [0.2, 0.25) is 0 Å². The maximum absolute atomic E-state index is 11.9. The summed E-state index contributed by atoms with van der Waals surface area (Å²) < 4.78 is 23.7. The molecule has 3 nitrogen and oxygen atoms in total. The Hall–Kier alpha value is -1.65. The first-order chi connectivity index (χ1) is 10.5. The molecular formula is C18H21NO2S. The lowest BCUT2D eigenvalue weighted by Crippen LogP contribution is -2.45. The fraction of sp³-hybridized carbons (Fsp3) is 0.333. The van der Waals surface area contributed by atoms with Crippen LogP contribution in [-0.4, -0.2) is 25.5 Å². The lowest BCUT2D eigenvalue weighted by molar-refractivity contribution is 0.367. The molecule has 1 fully saturated rings. The fourth-order valence-corrected chi connectivity index (χ4v) is 5.23. The summed E-state index contributed by atoms with van der Waals surface area (Å²) in [5.74, 6) is 0.475. The van der Waals surface area contributed by atoms with Crippen LogP contribution in [0.1, 0.15) is 30.5 Å². The lowest BCUT2D eigenvalue weighted by atomic mass is 9.93. The van der Waals surface area contributed by atoms with Crippen molar-refractivity contribution in [1.29, 1.82) is 0 Å². The highest BCUT2D eigenvalue weighted by atomic mass is 32.2. The highest BCUT2D eigenvalue weighted by molar-refractivity contribution is 7.91. The maximum Gasteiger partial charge on any atom is 0.152 e. The number of benzene rings is 2. The molecule has 2 aromatic carbocycles. The largest absolute Gasteiger partial charge is 0.300 e. The summed E-state index contributed by atoms with van der Waals surface area (Å²) in [5, 5.41) is 3.60. The van der Waals surface area contributed by atoms with Gasteiger partial charge in [0, 0.05) is 5.54 Å². The molecule has 0 saturated carbocycles. The van der Waals surface area contributed by atoms with E-state index >= 15 is 0 Å². The standard InChI is InChI=1S/C18H21NO2S/c1-18(12-13-22(20,21)14-18)19-17(15-8-4-2-5-9-15)16-10-6-3-7-11-16/h2-11,17,19H,12-14H2,1H3/t18-/m1/s1. The zero-order chi connectivity index (χ0) is 15.6. The number of sulfone groups is 1. The average Bonchev–Trinajstić information content (AvgIpc) is 2.80. The monoisotopic (exact) mass is 315 g/mol. The van der Waals surface area contributed by atoms with E-state index in [9.17, 15) is 8.42 Å². The van der Waals surface area contributed by atoms with Gasteiger partial charge in [0.1, 0.15) is 0 Å². The molecule has 3 rings (SSSR count). The van der Waals surface area contributed by atoms with E-state index in [4.69, 9.17) is 0 Å². The SMILES string of the molecule is C[C@@]1(NC(c2ccccc2)c2ccccc2)CCS(=O)(=O)C1. The maximum atomic E-state index is 11.9. The van der Waals surface area contributed by atoms with Crippen molar-refractivity contribution in [2.45, 2.75) is 24.9 Å². The second-order valence-corrected chi connectivity index (χ2v) is 8.49. The molecule has 0 aliphatic carbocycles. The van der Waals surface area contributed by atoms with Crippen LogP contribution < -0.4 is 5.32 Å². The van der Waals surface area contributed by atoms with Crippen molar-refractivity contribution in [3.8, 4) is 0 Å². The molecule has 1 aliphatic heterocycles. The van der Waals surface area contributed by atoms with Gasteiger partial charge < -0.3 is 0 Å². The first kappa shape index (κ1) is 15.3. The van der Waals surface area contributed by atoms with Crippen LogP contribution in [0.4, 0.5) is 0 Å². The molecule has 1 atom stereocenters. The van der Waals surface area contributed by atoms with Crippen LogP contribution in [0.25, 0.3) is 0 Å². The summed E-state index contributed by atoms with van der Waals surface area (Å²) in [5.41, 5.74) is 1.92.